The van der Waals surface area contributed by atoms with Crippen molar-refractivity contribution in [3.8, 4) is 0 Å². The molecule has 0 aromatic rings. The van der Waals surface area contributed by atoms with Gasteiger partial charge in [0.15, 0.2) is 0 Å². The molecule has 102 valence electrons. The van der Waals surface area contributed by atoms with Gasteiger partial charge in [0, 0.05) is 18.0 Å². The molecule has 2 bridgehead atoms. The number of carboxylic acids is 1. The summed E-state index contributed by atoms with van der Waals surface area (Å²) in [5.74, 6) is -0.665. The van der Waals surface area contributed by atoms with Gasteiger partial charge in [0.25, 0.3) is 0 Å². The molecule has 0 spiro atoms. The van der Waals surface area contributed by atoms with Gasteiger partial charge in [-0.1, -0.05) is 13.3 Å². The molecular weight excluding hydrogens is 235 g/mol. The van der Waals surface area contributed by atoms with Gasteiger partial charge in [-0.25, -0.2) is 0 Å². The Hall–Kier alpha value is -0.625. The third-order valence-electron chi connectivity index (χ3n) is 4.59. The predicted octanol–water partition coefficient (Wildman–Crippen LogP) is -0.982. The quantitative estimate of drug-likeness (QED) is 0.404. The number of rotatable bonds is 5. The van der Waals surface area contributed by atoms with Crippen molar-refractivity contribution < 1.29 is 19.9 Å². The van der Waals surface area contributed by atoms with E-state index in [-0.39, 0.29) is 24.3 Å². The number of carboxylic acid groups (broad SMARTS) is 1. The summed E-state index contributed by atoms with van der Waals surface area (Å²) >= 11 is 0. The van der Waals surface area contributed by atoms with Crippen LogP contribution in [0.3, 0.4) is 0 Å². The maximum atomic E-state index is 11.5. The van der Waals surface area contributed by atoms with Crippen LogP contribution < -0.4 is 11.1 Å². The number of fused-ring (bicyclic) bond motifs is 2. The van der Waals surface area contributed by atoms with Gasteiger partial charge in [-0.2, -0.15) is 0 Å². The third-order valence-corrected chi connectivity index (χ3v) is 4.59. The molecule has 6 nitrogen and oxygen atoms in total. The van der Waals surface area contributed by atoms with Crippen LogP contribution in [0, 0.1) is 11.8 Å². The fourth-order valence-electron chi connectivity index (χ4n) is 3.63. The van der Waals surface area contributed by atoms with Crippen LogP contribution in [0.25, 0.3) is 0 Å². The molecule has 4 unspecified atom stereocenters. The highest BCUT2D eigenvalue weighted by atomic mass is 16.4. The Morgan fingerprint density at radius 2 is 2.22 bits per heavy atom. The van der Waals surface area contributed by atoms with E-state index in [2.05, 4.69) is 12.2 Å². The highest BCUT2D eigenvalue weighted by molar-refractivity contribution is 6.40. The van der Waals surface area contributed by atoms with Gasteiger partial charge in [-0.15, -0.1) is 0 Å². The number of aliphatic carboxylic acids is 1. The Kier molecular flexibility index (Phi) is 3.69. The summed E-state index contributed by atoms with van der Waals surface area (Å²) in [5.41, 5.74) is 4.91. The second-order valence-corrected chi connectivity index (χ2v) is 5.71. The van der Waals surface area contributed by atoms with Gasteiger partial charge in [-0.05, 0) is 25.1 Å². The maximum Gasteiger partial charge on any atom is 0.451 e. The normalized spacial score (nSPS) is 42.2. The lowest BCUT2D eigenvalue weighted by Gasteiger charge is -2.38. The SMILES string of the molecule is C[C@@H]1CC2NC1C(CCCB(O)O)C2(N)C(=O)O. The largest absolute Gasteiger partial charge is 0.480 e. The molecule has 0 aliphatic carbocycles. The van der Waals surface area contributed by atoms with Crippen LogP contribution in [0.2, 0.25) is 6.32 Å². The minimum absolute atomic E-state index is 0.131. The summed E-state index contributed by atoms with van der Waals surface area (Å²) in [6.45, 7) is 2.10. The molecule has 7 heteroatoms. The highest BCUT2D eigenvalue weighted by Gasteiger charge is 2.62. The Labute approximate surface area is 107 Å². The van der Waals surface area contributed by atoms with Crippen LogP contribution in [0.1, 0.15) is 26.2 Å². The van der Waals surface area contributed by atoms with Crippen LogP contribution in [0.4, 0.5) is 0 Å². The zero-order valence-electron chi connectivity index (χ0n) is 10.5. The van der Waals surface area contributed by atoms with Gasteiger partial charge in [0.05, 0.1) is 0 Å². The Morgan fingerprint density at radius 1 is 1.56 bits per heavy atom. The summed E-state index contributed by atoms with van der Waals surface area (Å²) in [6, 6.07) is -0.0361. The molecular formula is C11H21BN2O4. The number of hydrogen-bond acceptors (Lipinski definition) is 5. The molecule has 5 atom stereocenters. The van der Waals surface area contributed by atoms with E-state index in [0.717, 1.165) is 6.42 Å². The molecule has 18 heavy (non-hydrogen) atoms. The van der Waals surface area contributed by atoms with Gasteiger partial charge in [0.2, 0.25) is 0 Å². The monoisotopic (exact) mass is 256 g/mol. The second-order valence-electron chi connectivity index (χ2n) is 5.71. The minimum Gasteiger partial charge on any atom is -0.480 e. The Bertz CT molecular complexity index is 341. The van der Waals surface area contributed by atoms with E-state index in [1.165, 1.54) is 0 Å². The summed E-state index contributed by atoms with van der Waals surface area (Å²) in [6.07, 6.45) is 2.25. The van der Waals surface area contributed by atoms with Crippen LogP contribution in [0.15, 0.2) is 0 Å². The van der Waals surface area contributed by atoms with Gasteiger partial charge < -0.3 is 26.2 Å². The average Bonchev–Trinajstić information content (AvgIpc) is 2.76. The first-order valence-electron chi connectivity index (χ1n) is 6.51. The summed E-state index contributed by atoms with van der Waals surface area (Å²) in [4.78, 5) is 11.5. The third kappa shape index (κ3) is 2.05. The Balaban J connectivity index is 2.07. The zero-order valence-corrected chi connectivity index (χ0v) is 10.5. The van der Waals surface area contributed by atoms with Crippen molar-refractivity contribution in [3.05, 3.63) is 0 Å². The van der Waals surface area contributed by atoms with Crippen molar-refractivity contribution >= 4 is 13.1 Å². The van der Waals surface area contributed by atoms with Crippen molar-refractivity contribution in [2.24, 2.45) is 17.6 Å². The highest BCUT2D eigenvalue weighted by Crippen LogP contribution is 2.45. The van der Waals surface area contributed by atoms with Crippen molar-refractivity contribution in [2.45, 2.75) is 50.1 Å². The average molecular weight is 256 g/mol. The second kappa shape index (κ2) is 4.81. The predicted molar refractivity (Wildman–Crippen MR) is 66.8 cm³/mol. The molecule has 2 saturated heterocycles. The topological polar surface area (TPSA) is 116 Å². The molecule has 0 aromatic carbocycles. The molecule has 2 heterocycles. The molecule has 2 aliphatic rings. The summed E-state index contributed by atoms with van der Waals surface area (Å²) in [7, 11) is -1.33. The summed E-state index contributed by atoms with van der Waals surface area (Å²) in [5, 5.41) is 30.4. The minimum atomic E-state index is -1.33. The maximum absolute atomic E-state index is 11.5. The zero-order chi connectivity index (χ0) is 13.5. The molecule has 6 N–H and O–H groups in total. The molecule has 0 aromatic heterocycles. The van der Waals surface area contributed by atoms with E-state index in [0.29, 0.717) is 18.8 Å². The van der Waals surface area contributed by atoms with Crippen LogP contribution in [-0.2, 0) is 4.79 Å². The fraction of sp³-hybridized carbons (Fsp3) is 0.909. The van der Waals surface area contributed by atoms with Gasteiger partial charge in [-0.3, -0.25) is 4.79 Å². The molecule has 2 fully saturated rings. The number of carbonyl (C=O) groups is 1. The molecule has 0 radical (unpaired) electrons. The van der Waals surface area contributed by atoms with Crippen LogP contribution in [-0.4, -0.2) is 45.9 Å². The van der Waals surface area contributed by atoms with E-state index in [1.54, 1.807) is 0 Å². The van der Waals surface area contributed by atoms with Crippen molar-refractivity contribution in [3.63, 3.8) is 0 Å². The van der Waals surface area contributed by atoms with Crippen molar-refractivity contribution in [2.75, 3.05) is 0 Å². The van der Waals surface area contributed by atoms with Crippen molar-refractivity contribution in [1.82, 2.24) is 5.32 Å². The lowest BCUT2D eigenvalue weighted by molar-refractivity contribution is -0.146. The van der Waals surface area contributed by atoms with E-state index in [1.807, 2.05) is 0 Å². The lowest BCUT2D eigenvalue weighted by atomic mass is 9.67. The molecule has 0 amide bonds. The lowest BCUT2D eigenvalue weighted by Crippen LogP contribution is -2.62. The molecule has 2 aliphatic heterocycles. The first-order chi connectivity index (χ1) is 8.37. The van der Waals surface area contributed by atoms with Crippen molar-refractivity contribution in [1.29, 1.82) is 0 Å². The standard InChI is InChI=1S/C11H21BN2O4/c1-6-5-8-11(13,10(15)16)7(9(6)14-8)3-2-4-12(17)18/h6-9,14,17-18H,2-5,13H2,1H3,(H,15,16)/t6-,7?,8?,9?,11?/m1/s1. The number of nitrogens with one attached hydrogen (secondary N) is 1. The molecule has 2 rings (SSSR count). The first kappa shape index (κ1) is 13.8. The Morgan fingerprint density at radius 3 is 2.78 bits per heavy atom. The van der Waals surface area contributed by atoms with Gasteiger partial charge >= 0.3 is 13.1 Å². The smallest absolute Gasteiger partial charge is 0.451 e. The number of nitrogens with two attached hydrogens (primary N) is 1. The number of hydrogen-bond donors (Lipinski definition) is 5. The van der Waals surface area contributed by atoms with E-state index < -0.39 is 18.6 Å². The van der Waals surface area contributed by atoms with E-state index in [4.69, 9.17) is 15.8 Å². The summed E-state index contributed by atoms with van der Waals surface area (Å²) < 4.78 is 0. The van der Waals surface area contributed by atoms with Crippen LogP contribution in [0.5, 0.6) is 0 Å². The van der Waals surface area contributed by atoms with Gasteiger partial charge in [0.1, 0.15) is 5.54 Å². The van der Waals surface area contributed by atoms with E-state index >= 15 is 0 Å². The van der Waals surface area contributed by atoms with Crippen LogP contribution >= 0.6 is 0 Å². The fourth-order valence-corrected chi connectivity index (χ4v) is 3.63. The molecule has 0 saturated carbocycles. The van der Waals surface area contributed by atoms with E-state index in [9.17, 15) is 9.90 Å². The first-order valence-corrected chi connectivity index (χ1v) is 6.51.